The SMILES string of the molecule is COC(=O)C(C)Oc1ccc(CNC(=O)CCCC/C=C/C(C)C)cc1OC. The Morgan fingerprint density at radius 3 is 2.50 bits per heavy atom. The van der Waals surface area contributed by atoms with Crippen molar-refractivity contribution in [2.24, 2.45) is 5.92 Å². The molecule has 1 atom stereocenters. The fraction of sp³-hybridized carbons (Fsp3) is 0.545. The van der Waals surface area contributed by atoms with Crippen molar-refractivity contribution < 1.29 is 23.8 Å². The Morgan fingerprint density at radius 2 is 1.86 bits per heavy atom. The second kappa shape index (κ2) is 12.8. The van der Waals surface area contributed by atoms with Gasteiger partial charge in [-0.15, -0.1) is 0 Å². The van der Waals surface area contributed by atoms with Gasteiger partial charge in [-0.05, 0) is 49.8 Å². The number of carbonyl (C=O) groups excluding carboxylic acids is 2. The Balaban J connectivity index is 2.45. The van der Waals surface area contributed by atoms with E-state index in [0.717, 1.165) is 24.8 Å². The Hall–Kier alpha value is -2.50. The summed E-state index contributed by atoms with van der Waals surface area (Å²) in [5, 5.41) is 2.92. The maximum Gasteiger partial charge on any atom is 0.346 e. The Bertz CT molecular complexity index is 654. The molecule has 0 spiro atoms. The van der Waals surface area contributed by atoms with E-state index in [2.05, 4.69) is 36.1 Å². The smallest absolute Gasteiger partial charge is 0.346 e. The Kier molecular flexibility index (Phi) is 10.8. The third-order valence-electron chi connectivity index (χ3n) is 4.10. The highest BCUT2D eigenvalue weighted by Crippen LogP contribution is 2.29. The molecular formula is C22H33NO5. The van der Waals surface area contributed by atoms with E-state index < -0.39 is 12.1 Å². The van der Waals surface area contributed by atoms with Gasteiger partial charge in [0.25, 0.3) is 0 Å². The number of amides is 1. The molecule has 0 fully saturated rings. The zero-order valence-corrected chi connectivity index (χ0v) is 17.6. The van der Waals surface area contributed by atoms with Gasteiger partial charge in [-0.1, -0.05) is 32.1 Å². The third-order valence-corrected chi connectivity index (χ3v) is 4.10. The van der Waals surface area contributed by atoms with Crippen LogP contribution in [0.4, 0.5) is 0 Å². The molecule has 1 rings (SSSR count). The van der Waals surface area contributed by atoms with Crippen molar-refractivity contribution in [2.75, 3.05) is 14.2 Å². The van der Waals surface area contributed by atoms with E-state index in [-0.39, 0.29) is 5.91 Å². The number of allylic oxidation sites excluding steroid dienone is 2. The van der Waals surface area contributed by atoms with Crippen LogP contribution in [-0.2, 0) is 20.9 Å². The predicted molar refractivity (Wildman–Crippen MR) is 109 cm³/mol. The molecule has 0 aliphatic rings. The number of rotatable bonds is 12. The lowest BCUT2D eigenvalue weighted by molar-refractivity contribution is -0.147. The summed E-state index contributed by atoms with van der Waals surface area (Å²) in [5.41, 5.74) is 0.892. The topological polar surface area (TPSA) is 73.9 Å². The van der Waals surface area contributed by atoms with Crippen LogP contribution in [0.1, 0.15) is 52.0 Å². The average Bonchev–Trinajstić information content (AvgIpc) is 2.68. The number of hydrogen-bond acceptors (Lipinski definition) is 5. The Morgan fingerprint density at radius 1 is 1.11 bits per heavy atom. The molecule has 6 heteroatoms. The molecule has 1 aromatic rings. The third kappa shape index (κ3) is 8.93. The van der Waals surface area contributed by atoms with Gasteiger partial charge in [-0.25, -0.2) is 4.79 Å². The van der Waals surface area contributed by atoms with Gasteiger partial charge in [0.2, 0.25) is 5.91 Å². The van der Waals surface area contributed by atoms with E-state index in [9.17, 15) is 9.59 Å². The molecule has 0 heterocycles. The normalized spacial score (nSPS) is 12.1. The minimum atomic E-state index is -0.736. The maximum absolute atomic E-state index is 12.0. The van der Waals surface area contributed by atoms with Crippen molar-refractivity contribution in [1.29, 1.82) is 0 Å². The number of unbranched alkanes of at least 4 members (excludes halogenated alkanes) is 2. The van der Waals surface area contributed by atoms with Crippen molar-refractivity contribution in [3.8, 4) is 11.5 Å². The number of carbonyl (C=O) groups is 2. The van der Waals surface area contributed by atoms with Gasteiger partial charge in [-0.3, -0.25) is 4.79 Å². The van der Waals surface area contributed by atoms with Crippen LogP contribution in [-0.4, -0.2) is 32.2 Å². The largest absolute Gasteiger partial charge is 0.493 e. The Labute approximate surface area is 168 Å². The first-order valence-electron chi connectivity index (χ1n) is 9.72. The van der Waals surface area contributed by atoms with Gasteiger partial charge in [-0.2, -0.15) is 0 Å². The molecule has 0 saturated heterocycles. The van der Waals surface area contributed by atoms with E-state index in [4.69, 9.17) is 9.47 Å². The van der Waals surface area contributed by atoms with Gasteiger partial charge >= 0.3 is 5.97 Å². The van der Waals surface area contributed by atoms with E-state index >= 15 is 0 Å². The second-order valence-corrected chi connectivity index (χ2v) is 6.96. The summed E-state index contributed by atoms with van der Waals surface area (Å²) >= 11 is 0. The second-order valence-electron chi connectivity index (χ2n) is 6.96. The molecule has 156 valence electrons. The highest BCUT2D eigenvalue weighted by atomic mass is 16.6. The summed E-state index contributed by atoms with van der Waals surface area (Å²) in [6.45, 7) is 6.32. The lowest BCUT2D eigenvalue weighted by Gasteiger charge is -2.16. The van der Waals surface area contributed by atoms with Crippen LogP contribution in [0.2, 0.25) is 0 Å². The molecule has 0 aliphatic heterocycles. The minimum absolute atomic E-state index is 0.0337. The van der Waals surface area contributed by atoms with Crippen LogP contribution in [0.3, 0.4) is 0 Å². The van der Waals surface area contributed by atoms with Crippen molar-refractivity contribution in [2.45, 2.75) is 59.1 Å². The standard InChI is InChI=1S/C22H33NO5/c1-16(2)10-8-6-7-9-11-21(24)23-15-18-12-13-19(20(14-18)26-4)28-17(3)22(25)27-5/h8,10,12-14,16-17H,6-7,9,11,15H2,1-5H3,(H,23,24)/b10-8+. The monoisotopic (exact) mass is 391 g/mol. The molecule has 0 saturated carbocycles. The number of methoxy groups -OCH3 is 2. The minimum Gasteiger partial charge on any atom is -0.493 e. The van der Waals surface area contributed by atoms with Gasteiger partial charge in [0, 0.05) is 13.0 Å². The first kappa shape index (κ1) is 23.5. The van der Waals surface area contributed by atoms with Gasteiger partial charge in [0.1, 0.15) is 0 Å². The molecule has 6 nitrogen and oxygen atoms in total. The summed E-state index contributed by atoms with van der Waals surface area (Å²) in [6, 6.07) is 5.34. The lowest BCUT2D eigenvalue weighted by Crippen LogP contribution is -2.25. The highest BCUT2D eigenvalue weighted by Gasteiger charge is 2.17. The summed E-state index contributed by atoms with van der Waals surface area (Å²) in [6.07, 6.45) is 7.04. The average molecular weight is 392 g/mol. The fourth-order valence-corrected chi connectivity index (χ4v) is 2.53. The van der Waals surface area contributed by atoms with Crippen LogP contribution in [0, 0.1) is 5.92 Å². The van der Waals surface area contributed by atoms with E-state index in [1.165, 1.54) is 14.2 Å². The van der Waals surface area contributed by atoms with E-state index in [1.54, 1.807) is 19.1 Å². The number of esters is 1. The zero-order valence-electron chi connectivity index (χ0n) is 17.6. The van der Waals surface area contributed by atoms with Gasteiger partial charge in [0.15, 0.2) is 17.6 Å². The molecule has 1 unspecified atom stereocenters. The first-order valence-corrected chi connectivity index (χ1v) is 9.72. The molecule has 0 aromatic heterocycles. The number of ether oxygens (including phenoxy) is 3. The van der Waals surface area contributed by atoms with Crippen LogP contribution in [0.25, 0.3) is 0 Å². The summed E-state index contributed by atoms with van der Waals surface area (Å²) in [5.74, 6) is 1.09. The van der Waals surface area contributed by atoms with Gasteiger partial charge in [0.05, 0.1) is 14.2 Å². The molecule has 0 radical (unpaired) electrons. The van der Waals surface area contributed by atoms with Crippen molar-refractivity contribution in [3.63, 3.8) is 0 Å². The summed E-state index contributed by atoms with van der Waals surface area (Å²) < 4.78 is 15.6. The van der Waals surface area contributed by atoms with Crippen molar-refractivity contribution >= 4 is 11.9 Å². The van der Waals surface area contributed by atoms with Crippen LogP contribution >= 0.6 is 0 Å². The zero-order chi connectivity index (χ0) is 20.9. The molecule has 28 heavy (non-hydrogen) atoms. The molecule has 1 amide bonds. The number of benzene rings is 1. The summed E-state index contributed by atoms with van der Waals surface area (Å²) in [7, 11) is 2.84. The molecule has 1 N–H and O–H groups in total. The van der Waals surface area contributed by atoms with Crippen LogP contribution in [0.15, 0.2) is 30.4 Å². The van der Waals surface area contributed by atoms with Gasteiger partial charge < -0.3 is 19.5 Å². The fourth-order valence-electron chi connectivity index (χ4n) is 2.53. The lowest BCUT2D eigenvalue weighted by atomic mass is 10.1. The predicted octanol–water partition coefficient (Wildman–Crippen LogP) is 4.02. The number of hydrogen-bond donors (Lipinski definition) is 1. The molecular weight excluding hydrogens is 358 g/mol. The molecule has 0 aliphatic carbocycles. The van der Waals surface area contributed by atoms with Crippen molar-refractivity contribution in [1.82, 2.24) is 5.32 Å². The van der Waals surface area contributed by atoms with E-state index in [1.807, 2.05) is 6.07 Å². The molecule has 0 bridgehead atoms. The maximum atomic E-state index is 12.0. The van der Waals surface area contributed by atoms with Crippen LogP contribution in [0.5, 0.6) is 11.5 Å². The summed E-state index contributed by atoms with van der Waals surface area (Å²) in [4.78, 5) is 23.5. The number of nitrogens with one attached hydrogen (secondary N) is 1. The first-order chi connectivity index (χ1) is 13.4. The quantitative estimate of drug-likeness (QED) is 0.331. The van der Waals surface area contributed by atoms with E-state index in [0.29, 0.717) is 30.4 Å². The van der Waals surface area contributed by atoms with Crippen LogP contribution < -0.4 is 14.8 Å². The molecule has 1 aromatic carbocycles. The van der Waals surface area contributed by atoms with Crippen molar-refractivity contribution in [3.05, 3.63) is 35.9 Å². The highest BCUT2D eigenvalue weighted by molar-refractivity contribution is 5.76.